The average Bonchev–Trinajstić information content (AvgIpc) is 2.86. The molecule has 0 saturated carbocycles. The normalized spacial score (nSPS) is 14.5. The Morgan fingerprint density at radius 2 is 1.43 bits per heavy atom. The van der Waals surface area contributed by atoms with Crippen LogP contribution in [0.5, 0.6) is 11.5 Å². The number of aromatic hydroxyl groups is 1. The minimum absolute atomic E-state index is 0.0159. The van der Waals surface area contributed by atoms with E-state index in [2.05, 4.69) is 25.7 Å². The zero-order valence-corrected chi connectivity index (χ0v) is 21.0. The molecule has 35 heavy (non-hydrogen) atoms. The molecule has 1 aliphatic rings. The lowest BCUT2D eigenvalue weighted by Gasteiger charge is -2.26. The number of piperidine rings is 1. The van der Waals surface area contributed by atoms with Gasteiger partial charge in [0.25, 0.3) is 5.91 Å². The largest absolute Gasteiger partial charge is 0.508 e. The Labute approximate surface area is 209 Å². The number of phenolic OH excluding ortho intramolecular Hbond substituents is 1. The molecule has 3 aromatic rings. The van der Waals surface area contributed by atoms with E-state index in [1.54, 1.807) is 29.2 Å². The molecule has 5 heteroatoms. The van der Waals surface area contributed by atoms with Gasteiger partial charge in [0, 0.05) is 23.5 Å². The van der Waals surface area contributed by atoms with Gasteiger partial charge in [-0.05, 0) is 97.6 Å². The summed E-state index contributed by atoms with van der Waals surface area (Å²) in [6.07, 6.45) is 3.87. The third-order valence-corrected chi connectivity index (χ3v) is 6.53. The smallest absolute Gasteiger partial charge is 0.262 e. The summed E-state index contributed by atoms with van der Waals surface area (Å²) >= 11 is 0. The Hall–Kier alpha value is -3.31. The number of rotatable bonds is 7. The van der Waals surface area contributed by atoms with Crippen molar-refractivity contribution in [2.45, 2.75) is 45.4 Å². The van der Waals surface area contributed by atoms with Crippen LogP contribution in [-0.2, 0) is 5.41 Å². The summed E-state index contributed by atoms with van der Waals surface area (Å²) in [6.45, 7) is 10.4. The van der Waals surface area contributed by atoms with Crippen molar-refractivity contribution >= 4 is 17.3 Å². The lowest BCUT2D eigenvalue weighted by atomic mass is 9.86. The standard InChI is InChI=1S/C30H36N2O3/c1-30(2,3)24-9-7-23(8-10-24)29(34)32(25-11-15-27(33)16-12-25)26-13-17-28(18-14-26)35-22-21-31-19-5-4-6-20-31/h7-18,33H,4-6,19-22H2,1-3H3. The van der Waals surface area contributed by atoms with Gasteiger partial charge in [0.05, 0.1) is 0 Å². The van der Waals surface area contributed by atoms with Crippen molar-refractivity contribution in [2.75, 3.05) is 31.1 Å². The molecular weight excluding hydrogens is 436 g/mol. The number of likely N-dealkylation sites (tertiary alicyclic amines) is 1. The van der Waals surface area contributed by atoms with Gasteiger partial charge in [-0.1, -0.05) is 39.3 Å². The first kappa shape index (κ1) is 24.8. The number of amides is 1. The maximum Gasteiger partial charge on any atom is 0.262 e. The van der Waals surface area contributed by atoms with Crippen LogP contribution in [0.1, 0.15) is 56.0 Å². The molecule has 4 rings (SSSR count). The minimum atomic E-state index is -0.130. The molecule has 0 spiro atoms. The first-order chi connectivity index (χ1) is 16.8. The van der Waals surface area contributed by atoms with Crippen molar-refractivity contribution in [3.05, 3.63) is 83.9 Å². The Balaban J connectivity index is 1.52. The molecule has 1 aliphatic heterocycles. The summed E-state index contributed by atoms with van der Waals surface area (Å²) in [5.74, 6) is 0.821. The van der Waals surface area contributed by atoms with Crippen LogP contribution in [0.25, 0.3) is 0 Å². The number of benzene rings is 3. The molecule has 1 fully saturated rings. The van der Waals surface area contributed by atoms with E-state index >= 15 is 0 Å². The second kappa shape index (κ2) is 11.0. The molecule has 0 radical (unpaired) electrons. The van der Waals surface area contributed by atoms with Crippen LogP contribution in [-0.4, -0.2) is 42.2 Å². The maximum absolute atomic E-state index is 13.7. The van der Waals surface area contributed by atoms with Gasteiger partial charge in [-0.2, -0.15) is 0 Å². The molecule has 0 atom stereocenters. The molecule has 1 amide bonds. The summed E-state index contributed by atoms with van der Waals surface area (Å²) in [5.41, 5.74) is 3.22. The van der Waals surface area contributed by atoms with E-state index in [9.17, 15) is 9.90 Å². The topological polar surface area (TPSA) is 53.0 Å². The molecule has 184 valence electrons. The monoisotopic (exact) mass is 472 g/mol. The quantitative estimate of drug-likeness (QED) is 0.425. The van der Waals surface area contributed by atoms with Crippen LogP contribution >= 0.6 is 0 Å². The molecule has 3 aromatic carbocycles. The van der Waals surface area contributed by atoms with Crippen LogP contribution in [0.15, 0.2) is 72.8 Å². The fourth-order valence-corrected chi connectivity index (χ4v) is 4.39. The highest BCUT2D eigenvalue weighted by atomic mass is 16.5. The second-order valence-corrected chi connectivity index (χ2v) is 10.2. The Morgan fingerprint density at radius 1 is 0.857 bits per heavy atom. The van der Waals surface area contributed by atoms with Gasteiger partial charge in [0.1, 0.15) is 18.1 Å². The fourth-order valence-electron chi connectivity index (χ4n) is 4.39. The Kier molecular flexibility index (Phi) is 7.76. The number of nitrogens with zero attached hydrogens (tertiary/aromatic N) is 2. The lowest BCUT2D eigenvalue weighted by molar-refractivity contribution is 0.0999. The third-order valence-electron chi connectivity index (χ3n) is 6.53. The predicted molar refractivity (Wildman–Crippen MR) is 142 cm³/mol. The third kappa shape index (κ3) is 6.43. The van der Waals surface area contributed by atoms with Gasteiger partial charge in [-0.25, -0.2) is 0 Å². The molecule has 0 bridgehead atoms. The van der Waals surface area contributed by atoms with Gasteiger partial charge in [-0.3, -0.25) is 14.6 Å². The number of phenols is 1. The van der Waals surface area contributed by atoms with E-state index in [0.717, 1.165) is 31.1 Å². The van der Waals surface area contributed by atoms with E-state index in [-0.39, 0.29) is 17.1 Å². The Bertz CT molecular complexity index is 1090. The summed E-state index contributed by atoms with van der Waals surface area (Å²) in [7, 11) is 0. The van der Waals surface area contributed by atoms with Gasteiger partial charge >= 0.3 is 0 Å². The summed E-state index contributed by atoms with van der Waals surface area (Å²) in [5, 5.41) is 9.76. The zero-order chi connectivity index (χ0) is 24.8. The van der Waals surface area contributed by atoms with Crippen LogP contribution in [0, 0.1) is 0 Å². The van der Waals surface area contributed by atoms with E-state index in [0.29, 0.717) is 17.9 Å². The van der Waals surface area contributed by atoms with Crippen LogP contribution in [0.2, 0.25) is 0 Å². The van der Waals surface area contributed by atoms with Crippen LogP contribution in [0.4, 0.5) is 11.4 Å². The minimum Gasteiger partial charge on any atom is -0.508 e. The van der Waals surface area contributed by atoms with Crippen molar-refractivity contribution in [3.63, 3.8) is 0 Å². The molecular formula is C30H36N2O3. The predicted octanol–water partition coefficient (Wildman–Crippen LogP) is 6.53. The molecule has 1 heterocycles. The average molecular weight is 473 g/mol. The van der Waals surface area contributed by atoms with Gasteiger partial charge in [0.15, 0.2) is 0 Å². The molecule has 5 nitrogen and oxygen atoms in total. The fraction of sp³-hybridized carbons (Fsp3) is 0.367. The number of hydrogen-bond acceptors (Lipinski definition) is 4. The van der Waals surface area contributed by atoms with Crippen LogP contribution in [0.3, 0.4) is 0 Å². The summed E-state index contributed by atoms with van der Waals surface area (Å²) in [6, 6.07) is 22.1. The molecule has 1 N–H and O–H groups in total. The maximum atomic E-state index is 13.7. The van der Waals surface area contributed by atoms with Crippen molar-refractivity contribution < 1.29 is 14.6 Å². The first-order valence-corrected chi connectivity index (χ1v) is 12.5. The van der Waals surface area contributed by atoms with E-state index in [1.807, 2.05) is 48.5 Å². The van der Waals surface area contributed by atoms with E-state index in [4.69, 9.17) is 4.74 Å². The van der Waals surface area contributed by atoms with Crippen molar-refractivity contribution in [2.24, 2.45) is 0 Å². The SMILES string of the molecule is CC(C)(C)c1ccc(C(=O)N(c2ccc(O)cc2)c2ccc(OCCN3CCCCC3)cc2)cc1. The van der Waals surface area contributed by atoms with Crippen molar-refractivity contribution in [1.82, 2.24) is 4.90 Å². The zero-order valence-electron chi connectivity index (χ0n) is 21.0. The second-order valence-electron chi connectivity index (χ2n) is 10.2. The van der Waals surface area contributed by atoms with E-state index in [1.165, 1.54) is 24.8 Å². The van der Waals surface area contributed by atoms with Crippen molar-refractivity contribution in [1.29, 1.82) is 0 Å². The number of ether oxygens (including phenoxy) is 1. The molecule has 0 aliphatic carbocycles. The lowest BCUT2D eigenvalue weighted by Crippen LogP contribution is -2.33. The number of hydrogen-bond donors (Lipinski definition) is 1. The summed E-state index contributed by atoms with van der Waals surface area (Å²) < 4.78 is 5.98. The molecule has 0 aromatic heterocycles. The number of carbonyl (C=O) groups is 1. The summed E-state index contributed by atoms with van der Waals surface area (Å²) in [4.78, 5) is 17.8. The van der Waals surface area contributed by atoms with Gasteiger partial charge in [-0.15, -0.1) is 0 Å². The van der Waals surface area contributed by atoms with Crippen LogP contribution < -0.4 is 9.64 Å². The number of carbonyl (C=O) groups excluding carboxylic acids is 1. The van der Waals surface area contributed by atoms with E-state index < -0.39 is 0 Å². The highest BCUT2D eigenvalue weighted by Crippen LogP contribution is 2.31. The highest BCUT2D eigenvalue weighted by molar-refractivity contribution is 6.11. The van der Waals surface area contributed by atoms with Gasteiger partial charge in [0.2, 0.25) is 0 Å². The molecule has 0 unspecified atom stereocenters. The number of anilines is 2. The van der Waals surface area contributed by atoms with Gasteiger partial charge < -0.3 is 9.84 Å². The molecule has 1 saturated heterocycles. The van der Waals surface area contributed by atoms with Crippen molar-refractivity contribution in [3.8, 4) is 11.5 Å². The Morgan fingerprint density at radius 3 is 2.00 bits per heavy atom. The highest BCUT2D eigenvalue weighted by Gasteiger charge is 2.21. The first-order valence-electron chi connectivity index (χ1n) is 12.5.